The minimum absolute atomic E-state index is 0.00254. The molecule has 0 radical (unpaired) electrons. The molecular formula is C17H30N4O3. The van der Waals surface area contributed by atoms with Crippen LogP contribution in [0.4, 0.5) is 5.82 Å². The van der Waals surface area contributed by atoms with E-state index in [-0.39, 0.29) is 12.7 Å². The maximum absolute atomic E-state index is 9.07. The van der Waals surface area contributed by atoms with E-state index in [1.807, 2.05) is 13.8 Å². The van der Waals surface area contributed by atoms with Crippen molar-refractivity contribution in [3.63, 3.8) is 0 Å². The molecule has 0 amide bonds. The number of aryl methyl sites for hydroxylation is 1. The number of hydrogen-bond acceptors (Lipinski definition) is 7. The van der Waals surface area contributed by atoms with E-state index in [1.54, 1.807) is 7.11 Å². The first kappa shape index (κ1) is 18.9. The highest BCUT2D eigenvalue weighted by molar-refractivity contribution is 5.51. The standard InChI is InChI=1S/C17H30N4O3/c1-5-15(12-23-4)24-17-13(2)16(18-14(3)19-17)21-8-6-20(7-9-21)10-11-22/h15,22H,5-12H2,1-4H3. The fraction of sp³-hybridized carbons (Fsp3) is 0.765. The highest BCUT2D eigenvalue weighted by Gasteiger charge is 2.22. The van der Waals surface area contributed by atoms with Gasteiger partial charge >= 0.3 is 0 Å². The van der Waals surface area contributed by atoms with Gasteiger partial charge in [-0.1, -0.05) is 6.92 Å². The molecule has 0 spiro atoms. The number of aliphatic hydroxyl groups excluding tert-OH is 1. The number of nitrogens with zero attached hydrogens (tertiary/aromatic N) is 4. The van der Waals surface area contributed by atoms with Crippen molar-refractivity contribution in [3.8, 4) is 5.88 Å². The summed E-state index contributed by atoms with van der Waals surface area (Å²) in [5, 5.41) is 9.07. The predicted molar refractivity (Wildman–Crippen MR) is 93.8 cm³/mol. The summed E-state index contributed by atoms with van der Waals surface area (Å²) in [4.78, 5) is 13.7. The SMILES string of the molecule is CCC(COC)Oc1nc(C)nc(N2CCN(CCO)CC2)c1C. The van der Waals surface area contributed by atoms with E-state index in [1.165, 1.54) is 0 Å². The number of aliphatic hydroxyl groups is 1. The first-order valence-corrected chi connectivity index (χ1v) is 8.68. The van der Waals surface area contributed by atoms with E-state index in [0.29, 0.717) is 12.5 Å². The van der Waals surface area contributed by atoms with Crippen LogP contribution in [0.1, 0.15) is 24.7 Å². The van der Waals surface area contributed by atoms with Crippen molar-refractivity contribution in [1.29, 1.82) is 0 Å². The van der Waals surface area contributed by atoms with Gasteiger partial charge in [0.05, 0.1) is 18.8 Å². The Kier molecular flexibility index (Phi) is 7.20. The molecule has 7 heteroatoms. The summed E-state index contributed by atoms with van der Waals surface area (Å²) in [5.41, 5.74) is 0.978. The molecule has 1 aromatic rings. The first-order valence-electron chi connectivity index (χ1n) is 8.68. The Morgan fingerprint density at radius 3 is 2.46 bits per heavy atom. The van der Waals surface area contributed by atoms with Gasteiger partial charge in [-0.3, -0.25) is 4.90 Å². The van der Waals surface area contributed by atoms with Crippen LogP contribution in [-0.4, -0.2) is 79.1 Å². The summed E-state index contributed by atoms with van der Waals surface area (Å²) < 4.78 is 11.3. The molecule has 136 valence electrons. The summed E-state index contributed by atoms with van der Waals surface area (Å²) >= 11 is 0. The molecule has 0 aliphatic carbocycles. The van der Waals surface area contributed by atoms with Gasteiger partial charge in [-0.2, -0.15) is 4.98 Å². The number of ether oxygens (including phenoxy) is 2. The lowest BCUT2D eigenvalue weighted by Crippen LogP contribution is -2.47. The number of aromatic nitrogens is 2. The van der Waals surface area contributed by atoms with Gasteiger partial charge in [0.25, 0.3) is 0 Å². The summed E-state index contributed by atoms with van der Waals surface area (Å²) in [6.07, 6.45) is 0.864. The molecule has 2 heterocycles. The number of β-amino-alcohol motifs (C(OH)–C–C–N with tert-alkyl or cyclic N) is 1. The second kappa shape index (κ2) is 9.15. The molecule has 0 saturated carbocycles. The maximum Gasteiger partial charge on any atom is 0.222 e. The van der Waals surface area contributed by atoms with E-state index in [9.17, 15) is 0 Å². The van der Waals surface area contributed by atoms with Crippen molar-refractivity contribution >= 4 is 5.82 Å². The van der Waals surface area contributed by atoms with Crippen molar-refractivity contribution < 1.29 is 14.6 Å². The zero-order valence-corrected chi connectivity index (χ0v) is 15.3. The van der Waals surface area contributed by atoms with Crippen LogP contribution in [0, 0.1) is 13.8 Å². The topological polar surface area (TPSA) is 71.0 Å². The van der Waals surface area contributed by atoms with E-state index in [2.05, 4.69) is 26.7 Å². The molecule has 1 atom stereocenters. The van der Waals surface area contributed by atoms with Crippen LogP contribution < -0.4 is 9.64 Å². The molecule has 1 unspecified atom stereocenters. The average Bonchev–Trinajstić information content (AvgIpc) is 2.58. The van der Waals surface area contributed by atoms with Crippen LogP contribution in [0.25, 0.3) is 0 Å². The van der Waals surface area contributed by atoms with Crippen LogP contribution in [0.15, 0.2) is 0 Å². The lowest BCUT2D eigenvalue weighted by Gasteiger charge is -2.36. The molecule has 24 heavy (non-hydrogen) atoms. The monoisotopic (exact) mass is 338 g/mol. The Bertz CT molecular complexity index is 519. The molecule has 2 rings (SSSR count). The van der Waals surface area contributed by atoms with Crippen LogP contribution in [-0.2, 0) is 4.74 Å². The Hall–Kier alpha value is -1.44. The molecule has 1 aliphatic rings. The molecule has 0 aromatic carbocycles. The Morgan fingerprint density at radius 1 is 1.17 bits per heavy atom. The normalized spacial score (nSPS) is 17.1. The Balaban J connectivity index is 2.13. The number of methoxy groups -OCH3 is 1. The summed E-state index contributed by atoms with van der Waals surface area (Å²) in [7, 11) is 1.68. The molecule has 1 aromatic heterocycles. The van der Waals surface area contributed by atoms with Gasteiger partial charge < -0.3 is 19.5 Å². The zero-order chi connectivity index (χ0) is 17.5. The highest BCUT2D eigenvalue weighted by Crippen LogP contribution is 2.27. The predicted octanol–water partition coefficient (Wildman–Crippen LogP) is 1.01. The van der Waals surface area contributed by atoms with Crippen molar-refractivity contribution in [3.05, 3.63) is 11.4 Å². The van der Waals surface area contributed by atoms with Crippen LogP contribution in [0.5, 0.6) is 5.88 Å². The van der Waals surface area contributed by atoms with Gasteiger partial charge in [-0.05, 0) is 20.3 Å². The second-order valence-electron chi connectivity index (χ2n) is 6.18. The minimum Gasteiger partial charge on any atom is -0.472 e. The molecule has 1 saturated heterocycles. The van der Waals surface area contributed by atoms with E-state index in [0.717, 1.165) is 56.4 Å². The van der Waals surface area contributed by atoms with Gasteiger partial charge in [0.2, 0.25) is 5.88 Å². The number of piperazine rings is 1. The number of hydrogen-bond donors (Lipinski definition) is 1. The van der Waals surface area contributed by atoms with Crippen molar-refractivity contribution in [1.82, 2.24) is 14.9 Å². The van der Waals surface area contributed by atoms with Crippen molar-refractivity contribution in [2.75, 3.05) is 57.9 Å². The van der Waals surface area contributed by atoms with Crippen molar-refractivity contribution in [2.45, 2.75) is 33.3 Å². The van der Waals surface area contributed by atoms with Gasteiger partial charge in [-0.25, -0.2) is 4.98 Å². The van der Waals surface area contributed by atoms with Crippen molar-refractivity contribution in [2.24, 2.45) is 0 Å². The fourth-order valence-corrected chi connectivity index (χ4v) is 2.91. The minimum atomic E-state index is -0.00254. The summed E-state index contributed by atoms with van der Waals surface area (Å²) in [6, 6.07) is 0. The van der Waals surface area contributed by atoms with Gasteiger partial charge in [-0.15, -0.1) is 0 Å². The molecular weight excluding hydrogens is 308 g/mol. The zero-order valence-electron chi connectivity index (χ0n) is 15.3. The van der Waals surface area contributed by atoms with Crippen LogP contribution in [0.3, 0.4) is 0 Å². The highest BCUT2D eigenvalue weighted by atomic mass is 16.5. The lowest BCUT2D eigenvalue weighted by molar-refractivity contribution is 0.0749. The van der Waals surface area contributed by atoms with Gasteiger partial charge in [0.1, 0.15) is 17.7 Å². The third kappa shape index (κ3) is 4.78. The quantitative estimate of drug-likeness (QED) is 0.758. The maximum atomic E-state index is 9.07. The molecule has 7 nitrogen and oxygen atoms in total. The Labute approximate surface area is 144 Å². The van der Waals surface area contributed by atoms with Gasteiger partial charge in [0.15, 0.2) is 0 Å². The van der Waals surface area contributed by atoms with E-state index in [4.69, 9.17) is 14.6 Å². The van der Waals surface area contributed by atoms with Crippen LogP contribution >= 0.6 is 0 Å². The number of rotatable bonds is 8. The third-order valence-electron chi connectivity index (χ3n) is 4.36. The second-order valence-corrected chi connectivity index (χ2v) is 6.18. The fourth-order valence-electron chi connectivity index (χ4n) is 2.91. The third-order valence-corrected chi connectivity index (χ3v) is 4.36. The lowest BCUT2D eigenvalue weighted by atomic mass is 10.2. The molecule has 1 N–H and O–H groups in total. The Morgan fingerprint density at radius 2 is 1.88 bits per heavy atom. The van der Waals surface area contributed by atoms with Crippen LogP contribution in [0.2, 0.25) is 0 Å². The smallest absolute Gasteiger partial charge is 0.222 e. The van der Waals surface area contributed by atoms with E-state index >= 15 is 0 Å². The molecule has 1 fully saturated rings. The first-order chi connectivity index (χ1) is 11.6. The average molecular weight is 338 g/mol. The molecule has 0 bridgehead atoms. The van der Waals surface area contributed by atoms with E-state index < -0.39 is 0 Å². The molecule has 1 aliphatic heterocycles. The summed E-state index contributed by atoms with van der Waals surface area (Å²) in [5.74, 6) is 2.32. The van der Waals surface area contributed by atoms with Gasteiger partial charge in [0, 0.05) is 39.8 Å². The summed E-state index contributed by atoms with van der Waals surface area (Å²) in [6.45, 7) is 11.1. The largest absolute Gasteiger partial charge is 0.472 e. The number of anilines is 1.